The van der Waals surface area contributed by atoms with E-state index in [-0.39, 0.29) is 18.9 Å². The van der Waals surface area contributed by atoms with Crippen LogP contribution < -0.4 is 0 Å². The summed E-state index contributed by atoms with van der Waals surface area (Å²) < 4.78 is 5.12. The van der Waals surface area contributed by atoms with Crippen molar-refractivity contribution in [2.75, 3.05) is 13.1 Å². The van der Waals surface area contributed by atoms with E-state index in [0.717, 1.165) is 4.88 Å². The summed E-state index contributed by atoms with van der Waals surface area (Å²) in [6.45, 7) is 2.04. The number of aromatic nitrogens is 2. The van der Waals surface area contributed by atoms with E-state index in [0.29, 0.717) is 31.1 Å². The molecule has 1 amide bonds. The van der Waals surface area contributed by atoms with Gasteiger partial charge in [0.15, 0.2) is 0 Å². The molecule has 22 heavy (non-hydrogen) atoms. The summed E-state index contributed by atoms with van der Waals surface area (Å²) in [5.74, 6) is -0.350. The number of carbonyl (C=O) groups is 2. The van der Waals surface area contributed by atoms with Crippen molar-refractivity contribution >= 4 is 23.2 Å². The molecule has 0 aliphatic carbocycles. The number of carbonyl (C=O) groups excluding carboxylic acids is 1. The molecule has 0 saturated heterocycles. The molecule has 2 heterocycles. The highest BCUT2D eigenvalue weighted by atomic mass is 32.1. The summed E-state index contributed by atoms with van der Waals surface area (Å²) in [7, 11) is 0. The van der Waals surface area contributed by atoms with Gasteiger partial charge in [0.25, 0.3) is 0 Å². The van der Waals surface area contributed by atoms with Crippen LogP contribution in [0.4, 0.5) is 0 Å². The average molecular weight is 323 g/mol. The first-order valence-electron chi connectivity index (χ1n) is 6.96. The summed E-state index contributed by atoms with van der Waals surface area (Å²) in [5, 5.41) is 14.6. The molecule has 2 aromatic heterocycles. The Morgan fingerprint density at radius 2 is 2.27 bits per heavy atom. The predicted octanol–water partition coefficient (Wildman–Crippen LogP) is 2.05. The van der Waals surface area contributed by atoms with E-state index in [1.54, 1.807) is 0 Å². The van der Waals surface area contributed by atoms with Gasteiger partial charge < -0.3 is 14.5 Å². The fourth-order valence-electron chi connectivity index (χ4n) is 1.96. The molecule has 8 heteroatoms. The van der Waals surface area contributed by atoms with Crippen molar-refractivity contribution < 1.29 is 19.2 Å². The van der Waals surface area contributed by atoms with Gasteiger partial charge in [-0.1, -0.05) is 18.1 Å². The second-order valence-electron chi connectivity index (χ2n) is 4.70. The van der Waals surface area contributed by atoms with Crippen LogP contribution in [0.25, 0.3) is 10.7 Å². The molecule has 0 saturated carbocycles. The van der Waals surface area contributed by atoms with Crippen molar-refractivity contribution in [3.8, 4) is 10.7 Å². The van der Waals surface area contributed by atoms with E-state index in [1.165, 1.54) is 16.2 Å². The maximum absolute atomic E-state index is 12.1. The summed E-state index contributed by atoms with van der Waals surface area (Å²) in [6.07, 6.45) is 1.17. The predicted molar refractivity (Wildman–Crippen MR) is 80.4 cm³/mol. The Labute approximate surface area is 131 Å². The lowest BCUT2D eigenvalue weighted by Crippen LogP contribution is -2.36. The smallest absolute Gasteiger partial charge is 0.323 e. The third-order valence-electron chi connectivity index (χ3n) is 2.93. The topological polar surface area (TPSA) is 96.5 Å². The molecule has 7 nitrogen and oxygen atoms in total. The first kappa shape index (κ1) is 16.2. The Balaban J connectivity index is 1.91. The van der Waals surface area contributed by atoms with Crippen LogP contribution in [0.3, 0.4) is 0 Å². The Kier molecular flexibility index (Phi) is 5.65. The van der Waals surface area contributed by atoms with E-state index >= 15 is 0 Å². The molecular formula is C14H17N3O4S. The SMILES string of the molecule is CCCN(CC(=O)O)C(=O)CCc1nc(-c2cccs2)no1. The third kappa shape index (κ3) is 4.39. The minimum absolute atomic E-state index is 0.152. The van der Waals surface area contributed by atoms with Gasteiger partial charge in [-0.3, -0.25) is 9.59 Å². The molecular weight excluding hydrogens is 306 g/mol. The standard InChI is InChI=1S/C14H17N3O4S/c1-2-7-17(9-13(19)20)12(18)6-5-11-15-14(16-21-11)10-4-3-8-22-10/h3-4,8H,2,5-7,9H2,1H3,(H,19,20). The van der Waals surface area contributed by atoms with Crippen molar-refractivity contribution in [3.05, 3.63) is 23.4 Å². The monoisotopic (exact) mass is 323 g/mol. The summed E-state index contributed by atoms with van der Waals surface area (Å²) in [5.41, 5.74) is 0. The lowest BCUT2D eigenvalue weighted by atomic mass is 10.2. The number of hydrogen-bond donors (Lipinski definition) is 1. The van der Waals surface area contributed by atoms with E-state index in [1.807, 2.05) is 24.4 Å². The Hall–Kier alpha value is -2.22. The molecule has 0 aliphatic rings. The van der Waals surface area contributed by atoms with Crippen molar-refractivity contribution in [2.24, 2.45) is 0 Å². The molecule has 118 valence electrons. The number of thiophene rings is 1. The van der Waals surface area contributed by atoms with Gasteiger partial charge in [-0.05, 0) is 17.9 Å². The zero-order valence-corrected chi connectivity index (χ0v) is 13.0. The fraction of sp³-hybridized carbons (Fsp3) is 0.429. The van der Waals surface area contributed by atoms with Gasteiger partial charge in [-0.2, -0.15) is 4.98 Å². The fourth-order valence-corrected chi connectivity index (χ4v) is 2.61. The number of aliphatic carboxylic acids is 1. The second kappa shape index (κ2) is 7.69. The Morgan fingerprint density at radius 1 is 1.45 bits per heavy atom. The van der Waals surface area contributed by atoms with Gasteiger partial charge in [-0.25, -0.2) is 0 Å². The number of rotatable bonds is 8. The number of aryl methyl sites for hydroxylation is 1. The van der Waals surface area contributed by atoms with Gasteiger partial charge in [0.1, 0.15) is 6.54 Å². The molecule has 0 bridgehead atoms. The van der Waals surface area contributed by atoms with Crippen molar-refractivity contribution in [1.29, 1.82) is 0 Å². The lowest BCUT2D eigenvalue weighted by molar-refractivity contribution is -0.144. The number of carboxylic acid groups (broad SMARTS) is 1. The first-order chi connectivity index (χ1) is 10.6. The van der Waals surface area contributed by atoms with Crippen molar-refractivity contribution in [3.63, 3.8) is 0 Å². The van der Waals surface area contributed by atoms with Crippen LogP contribution in [0.1, 0.15) is 25.7 Å². The third-order valence-corrected chi connectivity index (χ3v) is 3.80. The maximum atomic E-state index is 12.1. The van der Waals surface area contributed by atoms with Gasteiger partial charge in [0.2, 0.25) is 17.6 Å². The highest BCUT2D eigenvalue weighted by Gasteiger charge is 2.17. The molecule has 0 aromatic carbocycles. The molecule has 0 atom stereocenters. The molecule has 0 unspecified atom stereocenters. The van der Waals surface area contributed by atoms with Gasteiger partial charge in [0.05, 0.1) is 4.88 Å². The minimum Gasteiger partial charge on any atom is -0.480 e. The maximum Gasteiger partial charge on any atom is 0.323 e. The van der Waals surface area contributed by atoms with Gasteiger partial charge in [-0.15, -0.1) is 11.3 Å². The highest BCUT2D eigenvalue weighted by Crippen LogP contribution is 2.21. The summed E-state index contributed by atoms with van der Waals surface area (Å²) in [6, 6.07) is 3.79. The van der Waals surface area contributed by atoms with E-state index < -0.39 is 5.97 Å². The molecule has 0 aliphatic heterocycles. The van der Waals surface area contributed by atoms with Gasteiger partial charge >= 0.3 is 5.97 Å². The van der Waals surface area contributed by atoms with E-state index in [4.69, 9.17) is 9.63 Å². The molecule has 1 N–H and O–H groups in total. The van der Waals surface area contributed by atoms with Crippen LogP contribution in [-0.4, -0.2) is 45.1 Å². The zero-order chi connectivity index (χ0) is 15.9. The van der Waals surface area contributed by atoms with E-state index in [2.05, 4.69) is 10.1 Å². The van der Waals surface area contributed by atoms with Crippen LogP contribution in [0.15, 0.2) is 22.0 Å². The quantitative estimate of drug-likeness (QED) is 0.798. The molecule has 2 rings (SSSR count). The first-order valence-corrected chi connectivity index (χ1v) is 7.84. The van der Waals surface area contributed by atoms with Crippen molar-refractivity contribution in [2.45, 2.75) is 26.2 Å². The van der Waals surface area contributed by atoms with Gasteiger partial charge in [0, 0.05) is 19.4 Å². The number of hydrogen-bond acceptors (Lipinski definition) is 6. The average Bonchev–Trinajstić information content (AvgIpc) is 3.14. The summed E-state index contributed by atoms with van der Waals surface area (Å²) >= 11 is 1.51. The van der Waals surface area contributed by atoms with Crippen LogP contribution in [0, 0.1) is 0 Å². The number of carboxylic acids is 1. The molecule has 0 spiro atoms. The van der Waals surface area contributed by atoms with Crippen LogP contribution in [0.5, 0.6) is 0 Å². The molecule has 0 fully saturated rings. The van der Waals surface area contributed by atoms with E-state index in [9.17, 15) is 9.59 Å². The second-order valence-corrected chi connectivity index (χ2v) is 5.65. The molecule has 0 radical (unpaired) electrons. The van der Waals surface area contributed by atoms with Crippen LogP contribution in [-0.2, 0) is 16.0 Å². The van der Waals surface area contributed by atoms with Crippen LogP contribution >= 0.6 is 11.3 Å². The number of amides is 1. The largest absolute Gasteiger partial charge is 0.480 e. The van der Waals surface area contributed by atoms with Crippen molar-refractivity contribution in [1.82, 2.24) is 15.0 Å². The minimum atomic E-state index is -1.01. The normalized spacial score (nSPS) is 10.6. The van der Waals surface area contributed by atoms with Crippen LogP contribution in [0.2, 0.25) is 0 Å². The zero-order valence-electron chi connectivity index (χ0n) is 12.2. The Morgan fingerprint density at radius 3 is 2.91 bits per heavy atom. The lowest BCUT2D eigenvalue weighted by Gasteiger charge is -2.19. The summed E-state index contributed by atoms with van der Waals surface area (Å²) in [4.78, 5) is 29.3. The highest BCUT2D eigenvalue weighted by molar-refractivity contribution is 7.13. The molecule has 2 aromatic rings. The number of nitrogens with zero attached hydrogens (tertiary/aromatic N) is 3. The Bertz CT molecular complexity index is 624.